The molecule has 2 N–H and O–H groups in total. The minimum atomic E-state index is -4.98. The number of benzene rings is 2. The third kappa shape index (κ3) is 5.81. The molecule has 1 aliphatic rings. The third-order valence-electron chi connectivity index (χ3n) is 5.87. The number of nitrogens with zero attached hydrogens (tertiary/aromatic N) is 2. The average molecular weight is 491 g/mol. The van der Waals surface area contributed by atoms with E-state index in [-0.39, 0.29) is 24.2 Å². The highest BCUT2D eigenvalue weighted by atomic mass is 19.4. The lowest BCUT2D eigenvalue weighted by Gasteiger charge is -2.41. The van der Waals surface area contributed by atoms with Gasteiger partial charge in [0.15, 0.2) is 0 Å². The molecule has 0 aromatic heterocycles. The number of nitrogens with two attached hydrogens (primary N) is 1. The fourth-order valence-electron chi connectivity index (χ4n) is 4.20. The van der Waals surface area contributed by atoms with E-state index < -0.39 is 47.9 Å². The molecule has 2 amide bonds. The minimum Gasteiger partial charge on any atom is -0.328 e. The number of carbonyl (C=O) groups excluding carboxylic acids is 1. The maximum Gasteiger partial charge on any atom is 0.416 e. The molecule has 1 aliphatic heterocycles. The topological polar surface area (TPSA) is 49.6 Å². The second kappa shape index (κ2) is 9.44. The first-order valence-corrected chi connectivity index (χ1v) is 10.5. The second-order valence-electron chi connectivity index (χ2n) is 8.55. The van der Waals surface area contributed by atoms with Crippen LogP contribution in [0.1, 0.15) is 46.7 Å². The molecule has 0 aliphatic carbocycles. The van der Waals surface area contributed by atoms with E-state index >= 15 is 0 Å². The van der Waals surface area contributed by atoms with Crippen molar-refractivity contribution >= 4 is 6.03 Å². The van der Waals surface area contributed by atoms with Crippen LogP contribution in [0.25, 0.3) is 0 Å². The Bertz CT molecular complexity index is 1020. The van der Waals surface area contributed by atoms with Gasteiger partial charge in [-0.3, -0.25) is 0 Å². The SMILES string of the molecule is Cc1cc(F)ccc1[C@H]1C[C@H](N)CCN1C(=O)N(C)Cc1cc(C(F)(F)F)cc(C(F)(F)F)c1. The van der Waals surface area contributed by atoms with Gasteiger partial charge in [0, 0.05) is 26.2 Å². The van der Waals surface area contributed by atoms with Crippen molar-refractivity contribution in [2.24, 2.45) is 5.73 Å². The maximum atomic E-state index is 13.6. The van der Waals surface area contributed by atoms with Crippen LogP contribution in [0.15, 0.2) is 36.4 Å². The molecule has 1 heterocycles. The van der Waals surface area contributed by atoms with Gasteiger partial charge in [-0.25, -0.2) is 9.18 Å². The van der Waals surface area contributed by atoms with Gasteiger partial charge in [-0.2, -0.15) is 26.3 Å². The Morgan fingerprint density at radius 2 is 1.65 bits per heavy atom. The van der Waals surface area contributed by atoms with Gasteiger partial charge in [-0.05, 0) is 66.8 Å². The predicted octanol–water partition coefficient (Wildman–Crippen LogP) is 5.89. The Hall–Kier alpha value is -2.82. The minimum absolute atomic E-state index is 0.0463. The number of rotatable bonds is 3. The summed E-state index contributed by atoms with van der Waals surface area (Å²) in [6.07, 6.45) is -9.11. The summed E-state index contributed by atoms with van der Waals surface area (Å²) in [5.74, 6) is -0.443. The number of halogens is 7. The highest BCUT2D eigenvalue weighted by Crippen LogP contribution is 2.37. The first-order valence-electron chi connectivity index (χ1n) is 10.5. The van der Waals surface area contributed by atoms with Crippen LogP contribution in [0.2, 0.25) is 0 Å². The molecule has 4 nitrogen and oxygen atoms in total. The maximum absolute atomic E-state index is 13.6. The summed E-state index contributed by atoms with van der Waals surface area (Å²) < 4.78 is 92.6. The number of carbonyl (C=O) groups is 1. The summed E-state index contributed by atoms with van der Waals surface area (Å²) in [6.45, 7) is 1.46. The molecular formula is C23H24F7N3O. The summed E-state index contributed by atoms with van der Waals surface area (Å²) >= 11 is 0. The van der Waals surface area contributed by atoms with Gasteiger partial charge < -0.3 is 15.5 Å². The molecular weight excluding hydrogens is 467 g/mol. The van der Waals surface area contributed by atoms with Crippen molar-refractivity contribution in [2.75, 3.05) is 13.6 Å². The van der Waals surface area contributed by atoms with E-state index in [2.05, 4.69) is 0 Å². The number of hydrogen-bond acceptors (Lipinski definition) is 2. The Morgan fingerprint density at radius 1 is 1.06 bits per heavy atom. The highest BCUT2D eigenvalue weighted by molar-refractivity contribution is 5.75. The van der Waals surface area contributed by atoms with E-state index in [1.54, 1.807) is 13.0 Å². The van der Waals surface area contributed by atoms with Crippen LogP contribution in [0.4, 0.5) is 35.5 Å². The Kier molecular flexibility index (Phi) is 7.16. The zero-order valence-corrected chi connectivity index (χ0v) is 18.5. The first-order chi connectivity index (χ1) is 15.7. The van der Waals surface area contributed by atoms with Gasteiger partial charge in [0.1, 0.15) is 5.82 Å². The fraction of sp³-hybridized carbons (Fsp3) is 0.435. The summed E-state index contributed by atoms with van der Waals surface area (Å²) in [5.41, 5.74) is 4.17. The number of aryl methyl sites for hydroxylation is 1. The number of alkyl halides is 6. The van der Waals surface area contributed by atoms with E-state index in [1.165, 1.54) is 24.1 Å². The number of urea groups is 1. The lowest BCUT2D eigenvalue weighted by atomic mass is 9.90. The van der Waals surface area contributed by atoms with Gasteiger partial charge in [0.05, 0.1) is 17.2 Å². The number of amides is 2. The molecule has 3 rings (SSSR count). The summed E-state index contributed by atoms with van der Waals surface area (Å²) in [5, 5.41) is 0. The number of likely N-dealkylation sites (tertiary alicyclic amines) is 1. The van der Waals surface area contributed by atoms with Crippen molar-refractivity contribution in [3.8, 4) is 0 Å². The molecule has 1 saturated heterocycles. The van der Waals surface area contributed by atoms with Crippen molar-refractivity contribution in [2.45, 2.75) is 50.7 Å². The summed E-state index contributed by atoms with van der Waals surface area (Å²) in [6, 6.07) is 4.08. The second-order valence-corrected chi connectivity index (χ2v) is 8.55. The molecule has 0 bridgehead atoms. The molecule has 2 aromatic carbocycles. The van der Waals surface area contributed by atoms with Gasteiger partial charge in [-0.1, -0.05) is 6.07 Å². The largest absolute Gasteiger partial charge is 0.416 e. The molecule has 34 heavy (non-hydrogen) atoms. The standard InChI is InChI=1S/C23H24F7N3O/c1-13-7-17(24)3-4-19(13)20-11-18(31)5-6-33(20)21(34)32(2)12-14-8-15(22(25,26)27)10-16(9-14)23(28,29)30/h3-4,7-10,18,20H,5-6,11-12,31H2,1-2H3/t18-,20-/m1/s1. The van der Waals surface area contributed by atoms with E-state index in [0.717, 1.165) is 4.90 Å². The summed E-state index contributed by atoms with van der Waals surface area (Å²) in [4.78, 5) is 15.8. The van der Waals surface area contributed by atoms with Crippen molar-refractivity contribution in [1.29, 1.82) is 0 Å². The number of piperidine rings is 1. The van der Waals surface area contributed by atoms with Gasteiger partial charge in [0.25, 0.3) is 0 Å². The predicted molar refractivity (Wildman–Crippen MR) is 111 cm³/mol. The Morgan fingerprint density at radius 3 is 2.18 bits per heavy atom. The smallest absolute Gasteiger partial charge is 0.328 e. The van der Waals surface area contributed by atoms with Crippen molar-refractivity contribution in [1.82, 2.24) is 9.80 Å². The molecule has 0 spiro atoms. The molecule has 1 fully saturated rings. The zero-order chi connectivity index (χ0) is 25.4. The molecule has 2 atom stereocenters. The molecule has 0 unspecified atom stereocenters. The molecule has 186 valence electrons. The quantitative estimate of drug-likeness (QED) is 0.545. The lowest BCUT2D eigenvalue weighted by molar-refractivity contribution is -0.143. The van der Waals surface area contributed by atoms with E-state index in [0.29, 0.717) is 36.1 Å². The molecule has 0 saturated carbocycles. The van der Waals surface area contributed by atoms with Gasteiger partial charge in [0.2, 0.25) is 0 Å². The molecule has 0 radical (unpaired) electrons. The van der Waals surface area contributed by atoms with Crippen molar-refractivity contribution in [3.05, 3.63) is 70.0 Å². The van der Waals surface area contributed by atoms with E-state index in [4.69, 9.17) is 5.73 Å². The zero-order valence-electron chi connectivity index (χ0n) is 18.5. The average Bonchev–Trinajstić information content (AvgIpc) is 2.71. The van der Waals surface area contributed by atoms with Gasteiger partial charge >= 0.3 is 18.4 Å². The van der Waals surface area contributed by atoms with Crippen molar-refractivity contribution < 1.29 is 35.5 Å². The van der Waals surface area contributed by atoms with Crippen LogP contribution >= 0.6 is 0 Å². The van der Waals surface area contributed by atoms with Crippen molar-refractivity contribution in [3.63, 3.8) is 0 Å². The fourth-order valence-corrected chi connectivity index (χ4v) is 4.20. The Labute approximate surface area is 192 Å². The van der Waals surface area contributed by atoms with Crippen LogP contribution in [0.5, 0.6) is 0 Å². The monoisotopic (exact) mass is 491 g/mol. The van der Waals surface area contributed by atoms with Crippen LogP contribution in [-0.4, -0.2) is 35.5 Å². The lowest BCUT2D eigenvalue weighted by Crippen LogP contribution is -2.49. The van der Waals surface area contributed by atoms with E-state index in [9.17, 15) is 35.5 Å². The highest BCUT2D eigenvalue weighted by Gasteiger charge is 2.38. The molecule has 11 heteroatoms. The number of hydrogen-bond donors (Lipinski definition) is 1. The van der Waals surface area contributed by atoms with Crippen LogP contribution in [-0.2, 0) is 18.9 Å². The Balaban J connectivity index is 1.89. The van der Waals surface area contributed by atoms with Crippen LogP contribution in [0.3, 0.4) is 0 Å². The van der Waals surface area contributed by atoms with Crippen LogP contribution in [0, 0.1) is 12.7 Å². The van der Waals surface area contributed by atoms with Gasteiger partial charge in [-0.15, -0.1) is 0 Å². The third-order valence-corrected chi connectivity index (χ3v) is 5.87. The molecule has 2 aromatic rings. The summed E-state index contributed by atoms with van der Waals surface area (Å²) in [7, 11) is 1.30. The normalized spacial score (nSPS) is 19.3. The first kappa shape index (κ1) is 25.8. The van der Waals surface area contributed by atoms with Crippen LogP contribution < -0.4 is 5.73 Å². The van der Waals surface area contributed by atoms with E-state index in [1.807, 2.05) is 0 Å².